The van der Waals surface area contributed by atoms with Crippen LogP contribution in [0, 0.1) is 5.82 Å². The van der Waals surface area contributed by atoms with Crippen LogP contribution >= 0.6 is 11.8 Å². The lowest BCUT2D eigenvalue weighted by Crippen LogP contribution is -2.26. The van der Waals surface area contributed by atoms with E-state index in [1.54, 1.807) is 17.8 Å². The summed E-state index contributed by atoms with van der Waals surface area (Å²) in [6.07, 6.45) is 3.97. The quantitative estimate of drug-likeness (QED) is 0.835. The third-order valence-corrected chi connectivity index (χ3v) is 4.13. The summed E-state index contributed by atoms with van der Waals surface area (Å²) in [4.78, 5) is 0.918. The monoisotopic (exact) mass is 226 g/mol. The van der Waals surface area contributed by atoms with Crippen molar-refractivity contribution in [2.24, 2.45) is 0 Å². The number of hydrogen-bond donors (Lipinski definition) is 1. The molecule has 1 aliphatic rings. The summed E-state index contributed by atoms with van der Waals surface area (Å²) in [5, 5.41) is 10.0. The third kappa shape index (κ3) is 2.95. The Balaban J connectivity index is 2.01. The Hall–Kier alpha value is -0.540. The van der Waals surface area contributed by atoms with Crippen molar-refractivity contribution in [3.05, 3.63) is 30.1 Å². The van der Waals surface area contributed by atoms with E-state index in [4.69, 9.17) is 0 Å². The molecule has 0 heterocycles. The first-order valence-electron chi connectivity index (χ1n) is 5.36. The van der Waals surface area contributed by atoms with Gasteiger partial charge in [0.1, 0.15) is 5.82 Å². The molecule has 0 spiro atoms. The molecular formula is C12H15FOS. The molecule has 0 saturated heterocycles. The van der Waals surface area contributed by atoms with Gasteiger partial charge in [0.15, 0.2) is 0 Å². The molecule has 15 heavy (non-hydrogen) atoms. The average molecular weight is 226 g/mol. The van der Waals surface area contributed by atoms with E-state index >= 15 is 0 Å². The Kier molecular flexibility index (Phi) is 3.65. The highest BCUT2D eigenvalue weighted by molar-refractivity contribution is 8.00. The highest BCUT2D eigenvalue weighted by Crippen LogP contribution is 2.33. The van der Waals surface area contributed by atoms with Crippen molar-refractivity contribution in [1.29, 1.82) is 0 Å². The molecule has 0 aliphatic heterocycles. The number of aliphatic hydroxyl groups is 1. The highest BCUT2D eigenvalue weighted by Gasteiger charge is 2.23. The smallest absolute Gasteiger partial charge is 0.124 e. The predicted molar refractivity (Wildman–Crippen MR) is 60.5 cm³/mol. The maximum atomic E-state index is 12.9. The van der Waals surface area contributed by atoms with E-state index in [-0.39, 0.29) is 17.2 Å². The molecule has 3 heteroatoms. The molecule has 1 N–H and O–H groups in total. The van der Waals surface area contributed by atoms with Gasteiger partial charge < -0.3 is 5.11 Å². The molecule has 1 nitrogen and oxygen atoms in total. The second kappa shape index (κ2) is 4.99. The van der Waals surface area contributed by atoms with Crippen molar-refractivity contribution >= 4 is 11.8 Å². The maximum absolute atomic E-state index is 12.9. The van der Waals surface area contributed by atoms with E-state index in [9.17, 15) is 9.50 Å². The molecule has 1 fully saturated rings. The first-order chi connectivity index (χ1) is 7.25. The zero-order chi connectivity index (χ0) is 10.7. The first kappa shape index (κ1) is 11.0. The Morgan fingerprint density at radius 3 is 2.80 bits per heavy atom. The van der Waals surface area contributed by atoms with Crippen LogP contribution in [-0.4, -0.2) is 16.5 Å². The molecule has 1 aliphatic carbocycles. The lowest BCUT2D eigenvalue weighted by Gasteiger charge is -2.26. The van der Waals surface area contributed by atoms with Crippen LogP contribution in [0.1, 0.15) is 25.7 Å². The van der Waals surface area contributed by atoms with Crippen molar-refractivity contribution in [2.45, 2.75) is 41.9 Å². The number of halogens is 1. The molecule has 0 bridgehead atoms. The van der Waals surface area contributed by atoms with Crippen molar-refractivity contribution in [3.63, 3.8) is 0 Å². The fourth-order valence-corrected chi connectivity index (χ4v) is 3.19. The van der Waals surface area contributed by atoms with Gasteiger partial charge in [-0.3, -0.25) is 0 Å². The van der Waals surface area contributed by atoms with Crippen LogP contribution in [0.25, 0.3) is 0 Å². The van der Waals surface area contributed by atoms with Crippen molar-refractivity contribution in [2.75, 3.05) is 0 Å². The van der Waals surface area contributed by atoms with Gasteiger partial charge >= 0.3 is 0 Å². The van der Waals surface area contributed by atoms with Gasteiger partial charge in [-0.25, -0.2) is 4.39 Å². The number of thioether (sulfide) groups is 1. The summed E-state index contributed by atoms with van der Waals surface area (Å²) >= 11 is 1.60. The van der Waals surface area contributed by atoms with Crippen LogP contribution in [-0.2, 0) is 0 Å². The van der Waals surface area contributed by atoms with Gasteiger partial charge in [0.05, 0.1) is 6.10 Å². The molecule has 1 saturated carbocycles. The fourth-order valence-electron chi connectivity index (χ4n) is 1.93. The SMILES string of the molecule is OC1CCCCC1Sc1cccc(F)c1. The van der Waals surface area contributed by atoms with E-state index in [1.165, 1.54) is 18.6 Å². The van der Waals surface area contributed by atoms with Crippen LogP contribution < -0.4 is 0 Å². The van der Waals surface area contributed by atoms with Crippen molar-refractivity contribution < 1.29 is 9.50 Å². The predicted octanol–water partition coefficient (Wildman–Crippen LogP) is 3.22. The second-order valence-electron chi connectivity index (χ2n) is 3.97. The van der Waals surface area contributed by atoms with Crippen LogP contribution in [0.4, 0.5) is 4.39 Å². The van der Waals surface area contributed by atoms with E-state index in [1.807, 2.05) is 6.07 Å². The van der Waals surface area contributed by atoms with Crippen LogP contribution in [0.15, 0.2) is 29.2 Å². The number of aliphatic hydroxyl groups excluding tert-OH is 1. The first-order valence-corrected chi connectivity index (χ1v) is 6.24. The van der Waals surface area contributed by atoms with Gasteiger partial charge in [-0.1, -0.05) is 18.9 Å². The molecule has 2 atom stereocenters. The van der Waals surface area contributed by atoms with Crippen molar-refractivity contribution in [1.82, 2.24) is 0 Å². The van der Waals surface area contributed by atoms with E-state index < -0.39 is 0 Å². The lowest BCUT2D eigenvalue weighted by atomic mass is 9.97. The molecule has 1 aromatic carbocycles. The van der Waals surface area contributed by atoms with Gasteiger partial charge in [0.2, 0.25) is 0 Å². The highest BCUT2D eigenvalue weighted by atomic mass is 32.2. The standard InChI is InChI=1S/C12H15FOS/c13-9-4-3-5-10(8-9)15-12-7-2-1-6-11(12)14/h3-5,8,11-12,14H,1-2,6-7H2. The zero-order valence-corrected chi connectivity index (χ0v) is 9.34. The largest absolute Gasteiger partial charge is 0.392 e. The minimum absolute atomic E-state index is 0.203. The molecule has 0 radical (unpaired) electrons. The maximum Gasteiger partial charge on any atom is 0.124 e. The summed E-state index contributed by atoms with van der Waals surface area (Å²) in [7, 11) is 0. The summed E-state index contributed by atoms with van der Waals surface area (Å²) in [5.74, 6) is -0.203. The van der Waals surface area contributed by atoms with Gasteiger partial charge in [0, 0.05) is 10.1 Å². The van der Waals surface area contributed by atoms with Crippen molar-refractivity contribution in [3.8, 4) is 0 Å². The van der Waals surface area contributed by atoms with Gasteiger partial charge in [0.25, 0.3) is 0 Å². The van der Waals surface area contributed by atoms with Crippen LogP contribution in [0.5, 0.6) is 0 Å². The van der Waals surface area contributed by atoms with E-state index in [0.29, 0.717) is 0 Å². The van der Waals surface area contributed by atoms with Gasteiger partial charge in [-0.15, -0.1) is 11.8 Å². The van der Waals surface area contributed by atoms with Gasteiger partial charge in [-0.2, -0.15) is 0 Å². The Bertz CT molecular complexity index is 329. The summed E-state index contributed by atoms with van der Waals surface area (Å²) in [6.45, 7) is 0. The Morgan fingerprint density at radius 1 is 1.27 bits per heavy atom. The van der Waals surface area contributed by atoms with E-state index in [0.717, 1.165) is 24.2 Å². The molecule has 2 rings (SSSR count). The van der Waals surface area contributed by atoms with E-state index in [2.05, 4.69) is 0 Å². The Labute approximate surface area is 93.7 Å². The molecular weight excluding hydrogens is 211 g/mol. The summed E-state index contributed by atoms with van der Waals surface area (Å²) in [5.41, 5.74) is 0. The lowest BCUT2D eigenvalue weighted by molar-refractivity contribution is 0.137. The molecule has 82 valence electrons. The zero-order valence-electron chi connectivity index (χ0n) is 8.53. The topological polar surface area (TPSA) is 20.2 Å². The molecule has 2 unspecified atom stereocenters. The fraction of sp³-hybridized carbons (Fsp3) is 0.500. The minimum Gasteiger partial charge on any atom is -0.392 e. The van der Waals surface area contributed by atoms with Crippen LogP contribution in [0.2, 0.25) is 0 Å². The summed E-state index contributed by atoms with van der Waals surface area (Å²) < 4.78 is 12.9. The average Bonchev–Trinajstić information content (AvgIpc) is 2.22. The van der Waals surface area contributed by atoms with Crippen LogP contribution in [0.3, 0.4) is 0 Å². The number of rotatable bonds is 2. The second-order valence-corrected chi connectivity index (χ2v) is 5.28. The third-order valence-electron chi connectivity index (χ3n) is 2.75. The normalized spacial score (nSPS) is 26.5. The molecule has 0 amide bonds. The summed E-state index contributed by atoms with van der Waals surface area (Å²) in [6, 6.07) is 6.59. The number of benzene rings is 1. The number of hydrogen-bond acceptors (Lipinski definition) is 2. The molecule has 1 aromatic rings. The minimum atomic E-state index is -0.230. The Morgan fingerprint density at radius 2 is 2.07 bits per heavy atom. The van der Waals surface area contributed by atoms with Gasteiger partial charge in [-0.05, 0) is 31.0 Å². The molecule has 0 aromatic heterocycles.